The Morgan fingerprint density at radius 1 is 1.41 bits per heavy atom. The minimum atomic E-state index is -0.443. The first-order valence-electron chi connectivity index (χ1n) is 6.46. The summed E-state index contributed by atoms with van der Waals surface area (Å²) in [6.45, 7) is 2.43. The Balaban J connectivity index is 2.03. The molecular weight excluding hydrogens is 218 g/mol. The molecule has 0 bridgehead atoms. The van der Waals surface area contributed by atoms with E-state index in [0.717, 1.165) is 25.7 Å². The van der Waals surface area contributed by atoms with E-state index in [1.54, 1.807) is 0 Å². The highest BCUT2D eigenvalue weighted by atomic mass is 16.2. The molecule has 0 aromatic heterocycles. The molecule has 5 nitrogen and oxygen atoms in total. The maximum Gasteiger partial charge on any atom is 0.236 e. The summed E-state index contributed by atoms with van der Waals surface area (Å²) in [6.07, 6.45) is 5.20. The lowest BCUT2D eigenvalue weighted by atomic mass is 10.1. The summed E-state index contributed by atoms with van der Waals surface area (Å²) in [5.41, 5.74) is 5.70. The first-order valence-corrected chi connectivity index (χ1v) is 6.46. The van der Waals surface area contributed by atoms with Crippen molar-refractivity contribution in [1.82, 2.24) is 10.6 Å². The molecule has 1 aliphatic rings. The molecule has 0 aliphatic heterocycles. The van der Waals surface area contributed by atoms with Crippen LogP contribution in [0.3, 0.4) is 0 Å². The molecule has 0 radical (unpaired) electrons. The van der Waals surface area contributed by atoms with Crippen molar-refractivity contribution in [3.63, 3.8) is 0 Å². The first kappa shape index (κ1) is 14.0. The van der Waals surface area contributed by atoms with Gasteiger partial charge in [0.1, 0.15) is 0 Å². The summed E-state index contributed by atoms with van der Waals surface area (Å²) < 4.78 is 0. The number of hydrogen-bond acceptors (Lipinski definition) is 3. The van der Waals surface area contributed by atoms with Crippen LogP contribution in [-0.4, -0.2) is 30.4 Å². The van der Waals surface area contributed by atoms with Gasteiger partial charge in [-0.1, -0.05) is 19.8 Å². The summed E-state index contributed by atoms with van der Waals surface area (Å²) >= 11 is 0. The molecule has 4 N–H and O–H groups in total. The van der Waals surface area contributed by atoms with Crippen molar-refractivity contribution in [2.45, 2.75) is 57.5 Å². The highest BCUT2D eigenvalue weighted by Crippen LogP contribution is 2.18. The van der Waals surface area contributed by atoms with Crippen LogP contribution >= 0.6 is 0 Å². The van der Waals surface area contributed by atoms with Crippen LogP contribution in [0.25, 0.3) is 0 Å². The Hall–Kier alpha value is -1.10. The molecule has 0 heterocycles. The lowest BCUT2D eigenvalue weighted by Crippen LogP contribution is -2.42. The molecule has 1 unspecified atom stereocenters. The number of rotatable bonds is 8. The molecule has 1 fully saturated rings. The smallest absolute Gasteiger partial charge is 0.236 e. The first-order chi connectivity index (χ1) is 8.13. The van der Waals surface area contributed by atoms with Gasteiger partial charge in [-0.25, -0.2) is 0 Å². The predicted octanol–water partition coefficient (Wildman–Crippen LogP) is 0.289. The van der Waals surface area contributed by atoms with E-state index < -0.39 is 6.04 Å². The summed E-state index contributed by atoms with van der Waals surface area (Å²) in [5.74, 6) is -0.146. The van der Waals surface area contributed by atoms with Crippen molar-refractivity contribution in [3.8, 4) is 0 Å². The van der Waals surface area contributed by atoms with Crippen LogP contribution in [0.4, 0.5) is 0 Å². The number of hydrogen-bond donors (Lipinski definition) is 3. The standard InChI is InChI=1S/C12H23N3O2/c1-2-3-4-10(13)12(17)14-8-7-11(16)15-9-5-6-9/h9-10H,2-8,13H2,1H3,(H,14,17)(H,15,16). The van der Waals surface area contributed by atoms with Crippen molar-refractivity contribution in [1.29, 1.82) is 0 Å². The minimum absolute atomic E-state index is 0.00919. The number of carbonyl (C=O) groups is 2. The monoisotopic (exact) mass is 241 g/mol. The second-order valence-electron chi connectivity index (χ2n) is 4.63. The van der Waals surface area contributed by atoms with Crippen LogP contribution in [0.5, 0.6) is 0 Å². The molecular formula is C12H23N3O2. The van der Waals surface area contributed by atoms with Gasteiger partial charge in [0.15, 0.2) is 0 Å². The highest BCUT2D eigenvalue weighted by Gasteiger charge is 2.22. The number of amides is 2. The fourth-order valence-corrected chi connectivity index (χ4v) is 1.51. The van der Waals surface area contributed by atoms with Crippen molar-refractivity contribution < 1.29 is 9.59 Å². The Morgan fingerprint density at radius 2 is 2.12 bits per heavy atom. The molecule has 0 aromatic carbocycles. The summed E-state index contributed by atoms with van der Waals surface area (Å²) in [6, 6.07) is -0.0635. The van der Waals surface area contributed by atoms with E-state index in [0.29, 0.717) is 25.4 Å². The van der Waals surface area contributed by atoms with Gasteiger partial charge in [-0.3, -0.25) is 9.59 Å². The molecule has 17 heavy (non-hydrogen) atoms. The van der Waals surface area contributed by atoms with Gasteiger partial charge in [-0.2, -0.15) is 0 Å². The molecule has 0 saturated heterocycles. The fourth-order valence-electron chi connectivity index (χ4n) is 1.51. The number of nitrogens with one attached hydrogen (secondary N) is 2. The molecule has 5 heteroatoms. The van der Waals surface area contributed by atoms with Crippen LogP contribution in [0.1, 0.15) is 45.4 Å². The molecule has 1 atom stereocenters. The van der Waals surface area contributed by atoms with Gasteiger partial charge >= 0.3 is 0 Å². The molecule has 1 aliphatic carbocycles. The normalized spacial score (nSPS) is 16.4. The van der Waals surface area contributed by atoms with Gasteiger partial charge in [-0.15, -0.1) is 0 Å². The molecule has 2 amide bonds. The van der Waals surface area contributed by atoms with Crippen LogP contribution in [-0.2, 0) is 9.59 Å². The van der Waals surface area contributed by atoms with E-state index in [9.17, 15) is 9.59 Å². The Kier molecular flexibility index (Phi) is 5.97. The maximum atomic E-state index is 11.5. The third-order valence-corrected chi connectivity index (χ3v) is 2.80. The van der Waals surface area contributed by atoms with Crippen molar-refractivity contribution >= 4 is 11.8 Å². The van der Waals surface area contributed by atoms with E-state index in [1.807, 2.05) is 0 Å². The Bertz CT molecular complexity index is 264. The maximum absolute atomic E-state index is 11.5. The van der Waals surface area contributed by atoms with Gasteiger partial charge in [0, 0.05) is 19.0 Å². The van der Waals surface area contributed by atoms with Crippen LogP contribution in [0, 0.1) is 0 Å². The zero-order valence-corrected chi connectivity index (χ0v) is 10.5. The van der Waals surface area contributed by atoms with Gasteiger partial charge in [-0.05, 0) is 19.3 Å². The molecule has 1 rings (SSSR count). The van der Waals surface area contributed by atoms with Gasteiger partial charge in [0.2, 0.25) is 11.8 Å². The highest BCUT2D eigenvalue weighted by molar-refractivity contribution is 5.82. The van der Waals surface area contributed by atoms with Crippen molar-refractivity contribution in [3.05, 3.63) is 0 Å². The van der Waals surface area contributed by atoms with Crippen molar-refractivity contribution in [2.24, 2.45) is 5.73 Å². The van der Waals surface area contributed by atoms with Gasteiger partial charge in [0.25, 0.3) is 0 Å². The molecule has 1 saturated carbocycles. The third kappa shape index (κ3) is 6.26. The van der Waals surface area contributed by atoms with Crippen LogP contribution in [0.15, 0.2) is 0 Å². The van der Waals surface area contributed by atoms with E-state index in [1.165, 1.54) is 0 Å². The number of unbranched alkanes of at least 4 members (excludes halogenated alkanes) is 1. The summed E-state index contributed by atoms with van der Waals surface area (Å²) in [4.78, 5) is 22.8. The number of nitrogens with two attached hydrogens (primary N) is 1. The minimum Gasteiger partial charge on any atom is -0.354 e. The second-order valence-corrected chi connectivity index (χ2v) is 4.63. The zero-order valence-electron chi connectivity index (χ0n) is 10.5. The van der Waals surface area contributed by atoms with E-state index in [2.05, 4.69) is 17.6 Å². The topological polar surface area (TPSA) is 84.2 Å². The van der Waals surface area contributed by atoms with Gasteiger partial charge < -0.3 is 16.4 Å². The SMILES string of the molecule is CCCCC(N)C(=O)NCCC(=O)NC1CC1. The Morgan fingerprint density at radius 3 is 2.71 bits per heavy atom. The fraction of sp³-hybridized carbons (Fsp3) is 0.833. The predicted molar refractivity (Wildman–Crippen MR) is 66.3 cm³/mol. The zero-order chi connectivity index (χ0) is 12.7. The third-order valence-electron chi connectivity index (χ3n) is 2.80. The Labute approximate surface area is 103 Å². The molecule has 98 valence electrons. The largest absolute Gasteiger partial charge is 0.354 e. The van der Waals surface area contributed by atoms with Gasteiger partial charge in [0.05, 0.1) is 6.04 Å². The second kappa shape index (κ2) is 7.27. The van der Waals surface area contributed by atoms with E-state index in [-0.39, 0.29) is 11.8 Å². The molecule has 0 spiro atoms. The lowest BCUT2D eigenvalue weighted by Gasteiger charge is -2.11. The average Bonchev–Trinajstić information content (AvgIpc) is 3.09. The van der Waals surface area contributed by atoms with E-state index in [4.69, 9.17) is 5.73 Å². The summed E-state index contributed by atoms with van der Waals surface area (Å²) in [5, 5.41) is 5.56. The van der Waals surface area contributed by atoms with Crippen molar-refractivity contribution in [2.75, 3.05) is 6.54 Å². The molecule has 0 aromatic rings. The average molecular weight is 241 g/mol. The quantitative estimate of drug-likeness (QED) is 0.571. The van der Waals surface area contributed by atoms with Crippen LogP contribution in [0.2, 0.25) is 0 Å². The summed E-state index contributed by atoms with van der Waals surface area (Å²) in [7, 11) is 0. The number of carbonyl (C=O) groups excluding carboxylic acids is 2. The van der Waals surface area contributed by atoms with E-state index >= 15 is 0 Å². The lowest BCUT2D eigenvalue weighted by molar-refractivity contribution is -0.123. The van der Waals surface area contributed by atoms with Crippen LogP contribution < -0.4 is 16.4 Å².